The topological polar surface area (TPSA) is 86.9 Å². The Kier molecular flexibility index (Phi) is 7.36. The van der Waals surface area contributed by atoms with Crippen molar-refractivity contribution in [3.63, 3.8) is 0 Å². The minimum Gasteiger partial charge on any atom is -0.391 e. The number of amides is 2. The van der Waals surface area contributed by atoms with E-state index in [9.17, 15) is 14.7 Å². The number of carbonyl (C=O) groups excluding carboxylic acids is 2. The predicted octanol–water partition coefficient (Wildman–Crippen LogP) is 2.79. The van der Waals surface area contributed by atoms with E-state index in [1.165, 1.54) is 0 Å². The number of nitrogens with two attached hydrogens (primary N) is 1. The summed E-state index contributed by atoms with van der Waals surface area (Å²) in [5, 5.41) is 11.6. The molecular weight excluding hydrogens is 425 g/mol. The zero-order chi connectivity index (χ0) is 21.8. The quantitative estimate of drug-likeness (QED) is 0.648. The van der Waals surface area contributed by atoms with Crippen LogP contribution in [0.3, 0.4) is 0 Å². The Morgan fingerprint density at radius 1 is 1.20 bits per heavy atom. The van der Waals surface area contributed by atoms with Gasteiger partial charge in [0.25, 0.3) is 0 Å². The lowest BCUT2D eigenvalue weighted by atomic mass is 10.1. The van der Waals surface area contributed by atoms with Crippen molar-refractivity contribution in [2.45, 2.75) is 31.5 Å². The molecule has 2 unspecified atom stereocenters. The van der Waals surface area contributed by atoms with Gasteiger partial charge in [-0.2, -0.15) is 0 Å². The van der Waals surface area contributed by atoms with Crippen LogP contribution in [0.1, 0.15) is 29.2 Å². The van der Waals surface area contributed by atoms with E-state index in [0.29, 0.717) is 23.0 Å². The molecule has 0 aromatic heterocycles. The third-order valence-electron chi connectivity index (χ3n) is 5.35. The fraction of sp³-hybridized carbons (Fsp3) is 0.364. The number of aliphatic hydroxyl groups is 1. The minimum atomic E-state index is -0.693. The van der Waals surface area contributed by atoms with Gasteiger partial charge in [0.05, 0.1) is 18.7 Å². The monoisotopic (exact) mass is 449 g/mol. The SMILES string of the molecule is CN(CC(=O)N(CCC(N)=O)Cc1ccccc1)C1c2cc(Cl)cc(Cl)c2CC1O. The van der Waals surface area contributed by atoms with Gasteiger partial charge < -0.3 is 15.7 Å². The number of rotatable bonds is 8. The number of halogens is 2. The van der Waals surface area contributed by atoms with E-state index in [0.717, 1.165) is 16.7 Å². The van der Waals surface area contributed by atoms with E-state index in [1.54, 1.807) is 29.0 Å². The molecule has 2 aromatic rings. The number of hydrogen-bond acceptors (Lipinski definition) is 4. The van der Waals surface area contributed by atoms with Gasteiger partial charge in [-0.15, -0.1) is 0 Å². The van der Waals surface area contributed by atoms with Crippen LogP contribution in [-0.4, -0.2) is 53.0 Å². The molecule has 0 heterocycles. The minimum absolute atomic E-state index is 0.0664. The normalized spacial score (nSPS) is 17.8. The number of nitrogens with zero attached hydrogens (tertiary/aromatic N) is 2. The lowest BCUT2D eigenvalue weighted by Crippen LogP contribution is -2.42. The van der Waals surface area contributed by atoms with Crippen molar-refractivity contribution in [2.75, 3.05) is 20.1 Å². The lowest BCUT2D eigenvalue weighted by molar-refractivity contribution is -0.134. The van der Waals surface area contributed by atoms with Gasteiger partial charge in [0.15, 0.2) is 0 Å². The van der Waals surface area contributed by atoms with Gasteiger partial charge >= 0.3 is 0 Å². The van der Waals surface area contributed by atoms with Gasteiger partial charge in [0, 0.05) is 36.0 Å². The third kappa shape index (κ3) is 5.32. The Balaban J connectivity index is 1.76. The molecule has 3 N–H and O–H groups in total. The second-order valence-corrected chi connectivity index (χ2v) is 8.45. The molecule has 2 atom stereocenters. The van der Waals surface area contributed by atoms with Crippen LogP contribution in [0.15, 0.2) is 42.5 Å². The summed E-state index contributed by atoms with van der Waals surface area (Å²) in [7, 11) is 1.78. The maximum atomic E-state index is 13.1. The zero-order valence-electron chi connectivity index (χ0n) is 16.7. The molecule has 0 saturated heterocycles. The lowest BCUT2D eigenvalue weighted by Gasteiger charge is -2.30. The summed E-state index contributed by atoms with van der Waals surface area (Å²) in [5.74, 6) is -0.616. The molecule has 3 rings (SSSR count). The zero-order valence-corrected chi connectivity index (χ0v) is 18.2. The largest absolute Gasteiger partial charge is 0.391 e. The van der Waals surface area contributed by atoms with Crippen molar-refractivity contribution in [1.82, 2.24) is 9.80 Å². The average Bonchev–Trinajstić information content (AvgIpc) is 3.02. The van der Waals surface area contributed by atoms with Crippen LogP contribution < -0.4 is 5.73 Å². The molecule has 6 nitrogen and oxygen atoms in total. The second kappa shape index (κ2) is 9.79. The maximum absolute atomic E-state index is 13.1. The summed E-state index contributed by atoms with van der Waals surface area (Å²) >= 11 is 12.5. The van der Waals surface area contributed by atoms with Crippen molar-refractivity contribution in [3.8, 4) is 0 Å². The molecular formula is C22H25Cl2N3O3. The first-order valence-electron chi connectivity index (χ1n) is 9.72. The summed E-state index contributed by atoms with van der Waals surface area (Å²) in [5.41, 5.74) is 7.94. The number of fused-ring (bicyclic) bond motifs is 1. The first-order chi connectivity index (χ1) is 14.3. The van der Waals surface area contributed by atoms with E-state index in [2.05, 4.69) is 0 Å². The fourth-order valence-corrected chi connectivity index (χ4v) is 4.50. The molecule has 30 heavy (non-hydrogen) atoms. The van der Waals surface area contributed by atoms with Crippen LogP contribution in [0.5, 0.6) is 0 Å². The summed E-state index contributed by atoms with van der Waals surface area (Å²) in [6.07, 6.45) is -0.200. The van der Waals surface area contributed by atoms with Crippen molar-refractivity contribution in [3.05, 3.63) is 69.2 Å². The van der Waals surface area contributed by atoms with Crippen LogP contribution in [0.4, 0.5) is 0 Å². The van der Waals surface area contributed by atoms with Gasteiger partial charge in [-0.1, -0.05) is 53.5 Å². The number of carbonyl (C=O) groups is 2. The molecule has 8 heteroatoms. The smallest absolute Gasteiger partial charge is 0.237 e. The highest BCUT2D eigenvalue weighted by molar-refractivity contribution is 6.35. The van der Waals surface area contributed by atoms with Crippen molar-refractivity contribution >= 4 is 35.0 Å². The number of benzene rings is 2. The van der Waals surface area contributed by atoms with Crippen molar-refractivity contribution in [2.24, 2.45) is 5.73 Å². The summed E-state index contributed by atoms with van der Waals surface area (Å²) in [4.78, 5) is 27.8. The molecule has 0 radical (unpaired) electrons. The van der Waals surface area contributed by atoms with Crippen molar-refractivity contribution < 1.29 is 14.7 Å². The molecule has 160 valence electrons. The number of primary amides is 1. The maximum Gasteiger partial charge on any atom is 0.237 e. The summed E-state index contributed by atoms with van der Waals surface area (Å²) in [6, 6.07) is 12.6. The van der Waals surface area contributed by atoms with Crippen molar-refractivity contribution in [1.29, 1.82) is 0 Å². The Labute approximate surface area is 186 Å². The molecule has 0 spiro atoms. The van der Waals surface area contributed by atoms with E-state index < -0.39 is 18.1 Å². The van der Waals surface area contributed by atoms with E-state index >= 15 is 0 Å². The van der Waals surface area contributed by atoms with E-state index in [1.807, 2.05) is 30.3 Å². The van der Waals surface area contributed by atoms with Gasteiger partial charge in [0.1, 0.15) is 0 Å². The summed E-state index contributed by atoms with van der Waals surface area (Å²) in [6.45, 7) is 0.678. The molecule has 0 saturated carbocycles. The molecule has 0 fully saturated rings. The molecule has 1 aliphatic carbocycles. The van der Waals surface area contributed by atoms with E-state index in [-0.39, 0.29) is 25.4 Å². The Morgan fingerprint density at radius 3 is 2.57 bits per heavy atom. The van der Waals surface area contributed by atoms with Gasteiger partial charge in [-0.05, 0) is 35.9 Å². The predicted molar refractivity (Wildman–Crippen MR) is 117 cm³/mol. The first kappa shape index (κ1) is 22.6. The number of hydrogen-bond donors (Lipinski definition) is 2. The van der Waals surface area contributed by atoms with Crippen LogP contribution in [0.2, 0.25) is 10.0 Å². The highest BCUT2D eigenvalue weighted by atomic mass is 35.5. The fourth-order valence-electron chi connectivity index (χ4n) is 3.91. The van der Waals surface area contributed by atoms with Crippen LogP contribution >= 0.6 is 23.2 Å². The second-order valence-electron chi connectivity index (χ2n) is 7.60. The van der Waals surface area contributed by atoms with Crippen LogP contribution in [0.25, 0.3) is 0 Å². The van der Waals surface area contributed by atoms with Gasteiger partial charge in [-0.25, -0.2) is 0 Å². The van der Waals surface area contributed by atoms with Crippen LogP contribution in [0, 0.1) is 0 Å². The number of likely N-dealkylation sites (N-methyl/N-ethyl adjacent to an activating group) is 1. The Morgan fingerprint density at radius 2 is 1.90 bits per heavy atom. The number of aliphatic hydroxyl groups excluding tert-OH is 1. The molecule has 0 bridgehead atoms. The third-order valence-corrected chi connectivity index (χ3v) is 5.90. The highest BCUT2D eigenvalue weighted by Gasteiger charge is 2.36. The van der Waals surface area contributed by atoms with Crippen LogP contribution in [-0.2, 0) is 22.6 Å². The van der Waals surface area contributed by atoms with Gasteiger partial charge in [0.2, 0.25) is 11.8 Å². The molecule has 2 amide bonds. The molecule has 1 aliphatic rings. The Bertz CT molecular complexity index is 923. The highest BCUT2D eigenvalue weighted by Crippen LogP contribution is 2.40. The standard InChI is InChI=1S/C22H25Cl2N3O3/c1-26(22-17-9-15(23)10-18(24)16(17)11-19(22)28)13-21(30)27(8-7-20(25)29)12-14-5-3-2-4-6-14/h2-6,9-10,19,22,28H,7-8,11-13H2,1H3,(H2,25,29). The van der Waals surface area contributed by atoms with Gasteiger partial charge in [-0.3, -0.25) is 14.5 Å². The average molecular weight is 450 g/mol. The molecule has 2 aromatic carbocycles. The molecule has 0 aliphatic heterocycles. The summed E-state index contributed by atoms with van der Waals surface area (Å²) < 4.78 is 0. The van der Waals surface area contributed by atoms with E-state index in [4.69, 9.17) is 28.9 Å². The Hall–Kier alpha value is -2.12. The first-order valence-corrected chi connectivity index (χ1v) is 10.5.